The van der Waals surface area contributed by atoms with Gasteiger partial charge in [0.15, 0.2) is 50.3 Å². The first kappa shape index (κ1) is 65.5. The van der Waals surface area contributed by atoms with Crippen molar-refractivity contribution in [2.75, 3.05) is 52.9 Å². The largest absolute Gasteiger partial charge is 0.394 e. The van der Waals surface area contributed by atoms with Crippen LogP contribution < -0.4 is 0 Å². The van der Waals surface area contributed by atoms with Gasteiger partial charge in [0.05, 0.1) is 52.9 Å². The van der Waals surface area contributed by atoms with Gasteiger partial charge in [0, 0.05) is 0 Å². The van der Waals surface area contributed by atoms with Crippen LogP contribution in [0.25, 0.3) is 0 Å². The number of hydrogen-bond donors (Lipinski definition) is 22. The average Bonchev–Trinajstić information content (AvgIpc) is 4.12. The van der Waals surface area contributed by atoms with Gasteiger partial charge in [0.1, 0.15) is 171 Å². The SMILES string of the molecule is OC[C@@H]1O[C@@H](O[C@H]2[C@@H](OC[C@H]3O[C@@H](O)[C@H](O)[C@@H](O)[C@@H]3O[C@@H]3O[C@H](CO)[C@@H](O[C@@H]4O[C@H](CO[C@@H]5OC[C@@H](O)[C@H](O)[C@H]5O[C@@H]5O[C@@H](CO)[C@H](O)[C@H]5O)[C@@H](O[C@@H]5O[C@H](CO)[C@@H](O)[C@H](O)[C@H]5O)[C@H](O)[C@H]4O)[C@H](O)[C@H]3O)OC[C@@H](O)[C@@H]2O)[C@H](O)[C@H]1O. The highest BCUT2D eigenvalue weighted by Gasteiger charge is 2.57. The van der Waals surface area contributed by atoms with Crippen LogP contribution in [0.3, 0.4) is 0 Å². The smallest absolute Gasteiger partial charge is 0.187 e. The first-order valence-electron chi connectivity index (χ1n) is 25.8. The number of rotatable bonds is 20. The van der Waals surface area contributed by atoms with Crippen molar-refractivity contribution in [3.63, 3.8) is 0 Å². The van der Waals surface area contributed by atoms with E-state index in [2.05, 4.69) is 0 Å². The van der Waals surface area contributed by atoms with Gasteiger partial charge < -0.3 is 183 Å². The number of hydrogen-bond acceptors (Lipinski definition) is 37. The molecular formula is C44H74O37. The zero-order chi connectivity index (χ0) is 59.0. The number of aliphatic hydroxyl groups excluding tert-OH is 22. The van der Waals surface area contributed by atoms with Crippen molar-refractivity contribution in [2.24, 2.45) is 0 Å². The van der Waals surface area contributed by atoms with Crippen LogP contribution in [0.1, 0.15) is 0 Å². The Morgan fingerprint density at radius 1 is 0.259 bits per heavy atom. The molecule has 0 unspecified atom stereocenters. The van der Waals surface area contributed by atoms with E-state index in [1.165, 1.54) is 0 Å². The Bertz CT molecular complexity index is 1920. The highest BCUT2D eigenvalue weighted by Crippen LogP contribution is 2.37. The minimum absolute atomic E-state index is 0.568. The summed E-state index contributed by atoms with van der Waals surface area (Å²) in [6, 6.07) is 0. The van der Waals surface area contributed by atoms with Crippen LogP contribution >= 0.6 is 0 Å². The molecule has 8 aliphatic rings. The molecule has 81 heavy (non-hydrogen) atoms. The van der Waals surface area contributed by atoms with E-state index in [-0.39, 0.29) is 0 Å². The molecule has 37 nitrogen and oxygen atoms in total. The van der Waals surface area contributed by atoms with Crippen LogP contribution in [-0.2, 0) is 71.1 Å². The fourth-order valence-corrected chi connectivity index (χ4v) is 10.3. The predicted molar refractivity (Wildman–Crippen MR) is 240 cm³/mol. The molecule has 8 heterocycles. The summed E-state index contributed by atoms with van der Waals surface area (Å²) in [6.07, 6.45) is -67.4. The van der Waals surface area contributed by atoms with Gasteiger partial charge in [0.25, 0.3) is 0 Å². The second kappa shape index (κ2) is 28.1. The maximum atomic E-state index is 11.7. The van der Waals surface area contributed by atoms with Crippen LogP contribution in [0.5, 0.6) is 0 Å². The maximum absolute atomic E-state index is 11.7. The van der Waals surface area contributed by atoms with E-state index in [0.29, 0.717) is 0 Å². The van der Waals surface area contributed by atoms with Crippen molar-refractivity contribution >= 4 is 0 Å². The molecule has 37 heteroatoms. The molecule has 8 aliphatic heterocycles. The fourth-order valence-electron chi connectivity index (χ4n) is 10.3. The average molecular weight is 1200 g/mol. The summed E-state index contributed by atoms with van der Waals surface area (Å²) >= 11 is 0. The second-order valence-corrected chi connectivity index (χ2v) is 20.6. The summed E-state index contributed by atoms with van der Waals surface area (Å²) in [6.45, 7) is -6.47. The molecule has 0 spiro atoms. The van der Waals surface area contributed by atoms with E-state index in [9.17, 15) is 112 Å². The van der Waals surface area contributed by atoms with E-state index < -0.39 is 274 Å². The topological polar surface area (TPSA) is 584 Å². The molecular weight excluding hydrogens is 1120 g/mol. The van der Waals surface area contributed by atoms with Crippen molar-refractivity contribution in [1.29, 1.82) is 0 Å². The lowest BCUT2D eigenvalue weighted by molar-refractivity contribution is -0.392. The lowest BCUT2D eigenvalue weighted by atomic mass is 9.95. The summed E-state index contributed by atoms with van der Waals surface area (Å²) in [5.74, 6) is 0. The van der Waals surface area contributed by atoms with Crippen LogP contribution in [0.2, 0.25) is 0 Å². The molecule has 0 aromatic carbocycles. The zero-order valence-electron chi connectivity index (χ0n) is 42.4. The maximum Gasteiger partial charge on any atom is 0.187 e. The van der Waals surface area contributed by atoms with E-state index in [4.69, 9.17) is 71.1 Å². The van der Waals surface area contributed by atoms with Gasteiger partial charge in [-0.05, 0) is 0 Å². The zero-order valence-corrected chi connectivity index (χ0v) is 42.4. The van der Waals surface area contributed by atoms with Gasteiger partial charge in [-0.3, -0.25) is 0 Å². The van der Waals surface area contributed by atoms with Gasteiger partial charge >= 0.3 is 0 Å². The van der Waals surface area contributed by atoms with E-state index >= 15 is 0 Å². The third kappa shape index (κ3) is 13.8. The summed E-state index contributed by atoms with van der Waals surface area (Å²) < 4.78 is 84.6. The van der Waals surface area contributed by atoms with Gasteiger partial charge in [-0.25, -0.2) is 0 Å². The normalized spacial score (nSPS) is 53.7. The Morgan fingerprint density at radius 3 is 0.926 bits per heavy atom. The van der Waals surface area contributed by atoms with Crippen LogP contribution in [-0.4, -0.2) is 386 Å². The van der Waals surface area contributed by atoms with Crippen LogP contribution in [0.15, 0.2) is 0 Å². The molecule has 8 saturated heterocycles. The van der Waals surface area contributed by atoms with Crippen molar-refractivity contribution in [3.05, 3.63) is 0 Å². The van der Waals surface area contributed by atoms with Gasteiger partial charge in [-0.2, -0.15) is 0 Å². The fraction of sp³-hybridized carbons (Fsp3) is 1.00. The lowest BCUT2D eigenvalue weighted by Crippen LogP contribution is -2.67. The van der Waals surface area contributed by atoms with Gasteiger partial charge in [-0.1, -0.05) is 0 Å². The molecule has 22 N–H and O–H groups in total. The number of aliphatic hydroxyl groups is 22. The molecule has 8 rings (SSSR count). The molecule has 0 aromatic rings. The van der Waals surface area contributed by atoms with E-state index in [1.54, 1.807) is 0 Å². The molecule has 0 aromatic heterocycles. The minimum atomic E-state index is -2.29. The highest BCUT2D eigenvalue weighted by molar-refractivity contribution is 4.99. The third-order valence-electron chi connectivity index (χ3n) is 15.1. The lowest BCUT2D eigenvalue weighted by Gasteiger charge is -2.49. The molecule has 36 atom stereocenters. The van der Waals surface area contributed by atoms with E-state index in [0.717, 1.165) is 0 Å². The van der Waals surface area contributed by atoms with Gasteiger partial charge in [0.2, 0.25) is 0 Å². The quantitative estimate of drug-likeness (QED) is 0.0538. The predicted octanol–water partition coefficient (Wildman–Crippen LogP) is -15.9. The summed E-state index contributed by atoms with van der Waals surface area (Å²) in [7, 11) is 0. The molecule has 0 aliphatic carbocycles. The van der Waals surface area contributed by atoms with Crippen molar-refractivity contribution in [2.45, 2.75) is 221 Å². The molecule has 472 valence electrons. The van der Waals surface area contributed by atoms with Crippen molar-refractivity contribution < 1.29 is 183 Å². The summed E-state index contributed by atoms with van der Waals surface area (Å²) in [5, 5.41) is 234. The Labute approximate surface area is 457 Å². The molecule has 0 saturated carbocycles. The second-order valence-electron chi connectivity index (χ2n) is 20.6. The Kier molecular flexibility index (Phi) is 22.7. The van der Waals surface area contributed by atoms with Gasteiger partial charge in [-0.15, -0.1) is 0 Å². The first-order valence-corrected chi connectivity index (χ1v) is 25.8. The number of ether oxygens (including phenoxy) is 15. The Balaban J connectivity index is 0.970. The molecule has 0 radical (unpaired) electrons. The third-order valence-corrected chi connectivity index (χ3v) is 15.1. The minimum Gasteiger partial charge on any atom is -0.394 e. The van der Waals surface area contributed by atoms with Crippen molar-refractivity contribution in [3.8, 4) is 0 Å². The van der Waals surface area contributed by atoms with Crippen molar-refractivity contribution in [1.82, 2.24) is 0 Å². The first-order chi connectivity index (χ1) is 38.4. The Morgan fingerprint density at radius 2 is 0.543 bits per heavy atom. The summed E-state index contributed by atoms with van der Waals surface area (Å²) in [5.41, 5.74) is 0. The monoisotopic (exact) mass is 1190 g/mol. The molecule has 8 fully saturated rings. The van der Waals surface area contributed by atoms with E-state index in [1.807, 2.05) is 0 Å². The van der Waals surface area contributed by atoms with Crippen LogP contribution in [0.4, 0.5) is 0 Å². The van der Waals surface area contributed by atoms with Crippen LogP contribution in [0, 0.1) is 0 Å². The summed E-state index contributed by atoms with van der Waals surface area (Å²) in [4.78, 5) is 0. The molecule has 0 bridgehead atoms. The highest BCUT2D eigenvalue weighted by atomic mass is 16.8. The standard InChI is InChI=1S/C44H74O37/c45-1-11-19(53)22(56)29(63)40(72-11)79-34-16(8-70-44-36(18(52)10(50)6-68-44)81-39-28(62)21(55)13(3-47)74-39)76-42(31(65)25(34)59)77-32-14(4-48)75-41(30(64)24(32)58)78-33-15(71-37(66)26(60)23(33)57)7-69-43-35(17(51)9(49)5-67-43)80-38-27(61)20(54)12(2-46)73-38/h9-66H,1-8H2/t9-,10-,11-,12+,13+,14-,15-,16-,17+,18+,19-,20+,21+,22+,23-,24-,25-,26-,27-,28-,29-,30-,31-,32-,33-,34-,35-,36-,37-,38+,39+,40+,41+,42+,43-,44+/m1/s1. The molecule has 0 amide bonds. The Hall–Kier alpha value is -1.48.